The number of rotatable bonds is 4. The lowest BCUT2D eigenvalue weighted by atomic mass is 10.2. The lowest BCUT2D eigenvalue weighted by molar-refractivity contribution is 0.102. The molecule has 130 valence electrons. The van der Waals surface area contributed by atoms with Crippen LogP contribution in [0.25, 0.3) is 0 Å². The van der Waals surface area contributed by atoms with Crippen LogP contribution in [0, 0.1) is 13.8 Å². The van der Waals surface area contributed by atoms with Crippen LogP contribution in [0.3, 0.4) is 0 Å². The summed E-state index contributed by atoms with van der Waals surface area (Å²) in [4.78, 5) is 12.4. The van der Waals surface area contributed by atoms with Gasteiger partial charge in [0.05, 0.1) is 28.6 Å². The minimum Gasteiger partial charge on any atom is -0.317 e. The van der Waals surface area contributed by atoms with Gasteiger partial charge in [0.2, 0.25) is 0 Å². The van der Waals surface area contributed by atoms with Gasteiger partial charge >= 0.3 is 0 Å². The van der Waals surface area contributed by atoms with Crippen molar-refractivity contribution in [3.05, 3.63) is 63.2 Å². The van der Waals surface area contributed by atoms with E-state index >= 15 is 0 Å². The summed E-state index contributed by atoms with van der Waals surface area (Å²) in [6, 6.07) is 7.60. The van der Waals surface area contributed by atoms with E-state index in [9.17, 15) is 4.79 Å². The molecule has 3 aromatic rings. The number of benzene rings is 1. The van der Waals surface area contributed by atoms with E-state index < -0.39 is 0 Å². The number of aryl methyl sites for hydroxylation is 2. The molecule has 1 N–H and O–H groups in total. The van der Waals surface area contributed by atoms with Crippen LogP contribution in [-0.2, 0) is 13.6 Å². The molecule has 1 amide bonds. The van der Waals surface area contributed by atoms with Crippen LogP contribution >= 0.6 is 23.2 Å². The number of hydrogen-bond donors (Lipinski definition) is 1. The molecular formula is C17H17Cl2N5O. The van der Waals surface area contributed by atoms with Crippen molar-refractivity contribution in [2.75, 3.05) is 5.32 Å². The zero-order chi connectivity index (χ0) is 18.1. The van der Waals surface area contributed by atoms with Crippen molar-refractivity contribution in [3.8, 4) is 0 Å². The van der Waals surface area contributed by atoms with Crippen LogP contribution in [0.4, 0.5) is 5.69 Å². The number of amides is 1. The topological polar surface area (TPSA) is 64.7 Å². The van der Waals surface area contributed by atoms with Crippen molar-refractivity contribution in [3.63, 3.8) is 0 Å². The number of nitrogens with zero attached hydrogens (tertiary/aromatic N) is 4. The summed E-state index contributed by atoms with van der Waals surface area (Å²) in [5.74, 6) is -0.362. The normalized spacial score (nSPS) is 10.9. The van der Waals surface area contributed by atoms with Crippen molar-refractivity contribution in [1.29, 1.82) is 0 Å². The first kappa shape index (κ1) is 17.5. The second-order valence-corrected chi connectivity index (χ2v) is 6.63. The molecule has 0 saturated heterocycles. The number of nitrogens with one attached hydrogen (secondary N) is 1. The van der Waals surface area contributed by atoms with E-state index in [1.807, 2.05) is 42.8 Å². The van der Waals surface area contributed by atoms with Crippen LogP contribution in [0.5, 0.6) is 0 Å². The van der Waals surface area contributed by atoms with Crippen molar-refractivity contribution >= 4 is 34.8 Å². The van der Waals surface area contributed by atoms with Crippen LogP contribution in [0.1, 0.15) is 27.4 Å². The molecule has 25 heavy (non-hydrogen) atoms. The first-order chi connectivity index (χ1) is 11.8. The predicted molar refractivity (Wildman–Crippen MR) is 98.4 cm³/mol. The third kappa shape index (κ3) is 3.70. The maximum atomic E-state index is 12.4. The second kappa shape index (κ2) is 6.90. The van der Waals surface area contributed by atoms with E-state index in [0.717, 1.165) is 17.0 Å². The highest BCUT2D eigenvalue weighted by Crippen LogP contribution is 2.23. The van der Waals surface area contributed by atoms with Crippen LogP contribution in [0.15, 0.2) is 30.5 Å². The Morgan fingerprint density at radius 1 is 1.24 bits per heavy atom. The number of aromatic nitrogens is 4. The molecule has 0 unspecified atom stereocenters. The predicted octanol–water partition coefficient (Wildman–Crippen LogP) is 3.84. The maximum absolute atomic E-state index is 12.4. The minimum atomic E-state index is -0.362. The Bertz CT molecular complexity index is 945. The van der Waals surface area contributed by atoms with Crippen LogP contribution < -0.4 is 5.32 Å². The number of halogens is 2. The zero-order valence-corrected chi connectivity index (χ0v) is 15.6. The smallest absolute Gasteiger partial charge is 0.277 e. The summed E-state index contributed by atoms with van der Waals surface area (Å²) < 4.78 is 3.33. The van der Waals surface area contributed by atoms with E-state index in [-0.39, 0.29) is 11.6 Å². The summed E-state index contributed by atoms with van der Waals surface area (Å²) in [6.07, 6.45) is 1.58. The highest BCUT2D eigenvalue weighted by Gasteiger charge is 2.19. The second-order valence-electron chi connectivity index (χ2n) is 5.79. The Morgan fingerprint density at radius 3 is 2.64 bits per heavy atom. The lowest BCUT2D eigenvalue weighted by Gasteiger charge is -2.07. The molecule has 0 aliphatic rings. The number of anilines is 1. The lowest BCUT2D eigenvalue weighted by Crippen LogP contribution is -2.15. The Kier molecular flexibility index (Phi) is 4.83. The minimum absolute atomic E-state index is 0.186. The average molecular weight is 378 g/mol. The van der Waals surface area contributed by atoms with Crippen molar-refractivity contribution < 1.29 is 4.79 Å². The highest BCUT2D eigenvalue weighted by molar-refractivity contribution is 6.34. The van der Waals surface area contributed by atoms with Crippen LogP contribution in [0.2, 0.25) is 10.0 Å². The molecule has 3 rings (SSSR count). The Hall–Kier alpha value is -2.31. The largest absolute Gasteiger partial charge is 0.317 e. The van der Waals surface area contributed by atoms with Gasteiger partial charge in [-0.2, -0.15) is 10.2 Å². The molecule has 1 aromatic carbocycles. The average Bonchev–Trinajstić information content (AvgIpc) is 3.01. The van der Waals surface area contributed by atoms with E-state index in [2.05, 4.69) is 15.5 Å². The van der Waals surface area contributed by atoms with Gasteiger partial charge in [-0.1, -0.05) is 35.3 Å². The SMILES string of the molecule is Cc1nn(Cc2cccc(Cl)c2)c(C)c1NC(=O)c1nn(C)cc1Cl. The Balaban J connectivity index is 1.84. The van der Waals surface area contributed by atoms with E-state index in [1.54, 1.807) is 13.2 Å². The van der Waals surface area contributed by atoms with Gasteiger partial charge in [-0.05, 0) is 31.5 Å². The molecule has 2 heterocycles. The van der Waals surface area contributed by atoms with E-state index in [4.69, 9.17) is 23.2 Å². The molecule has 0 radical (unpaired) electrons. The Labute approximate surface area is 155 Å². The third-order valence-corrected chi connectivity index (χ3v) is 4.35. The monoisotopic (exact) mass is 377 g/mol. The van der Waals surface area contributed by atoms with Gasteiger partial charge in [-0.3, -0.25) is 14.2 Å². The molecular weight excluding hydrogens is 361 g/mol. The number of hydrogen-bond acceptors (Lipinski definition) is 3. The van der Waals surface area contributed by atoms with Crippen molar-refractivity contribution in [2.45, 2.75) is 20.4 Å². The molecule has 8 heteroatoms. The summed E-state index contributed by atoms with van der Waals surface area (Å²) in [7, 11) is 1.71. The van der Waals surface area contributed by atoms with Gasteiger partial charge < -0.3 is 5.32 Å². The fourth-order valence-corrected chi connectivity index (χ4v) is 3.10. The van der Waals surface area contributed by atoms with Gasteiger partial charge in [-0.15, -0.1) is 0 Å². The van der Waals surface area contributed by atoms with Gasteiger partial charge in [0.25, 0.3) is 5.91 Å². The molecule has 2 aromatic heterocycles. The molecule has 0 saturated carbocycles. The van der Waals surface area contributed by atoms with E-state index in [0.29, 0.717) is 22.3 Å². The first-order valence-corrected chi connectivity index (χ1v) is 8.39. The maximum Gasteiger partial charge on any atom is 0.277 e. The molecule has 0 bridgehead atoms. The molecule has 6 nitrogen and oxygen atoms in total. The Morgan fingerprint density at radius 2 is 2.00 bits per heavy atom. The first-order valence-electron chi connectivity index (χ1n) is 7.64. The van der Waals surface area contributed by atoms with Gasteiger partial charge in [0, 0.05) is 18.3 Å². The fraction of sp³-hybridized carbons (Fsp3) is 0.235. The number of carbonyl (C=O) groups excluding carboxylic acids is 1. The summed E-state index contributed by atoms with van der Waals surface area (Å²) in [5.41, 5.74) is 3.45. The van der Waals surface area contributed by atoms with Gasteiger partial charge in [0.15, 0.2) is 5.69 Å². The van der Waals surface area contributed by atoms with E-state index in [1.165, 1.54) is 4.68 Å². The standard InChI is InChI=1S/C17H17Cl2N5O/c1-10-15(20-17(25)16-14(19)9-23(3)22-16)11(2)24(21-10)8-12-5-4-6-13(18)7-12/h4-7,9H,8H2,1-3H3,(H,20,25). The molecule has 0 fully saturated rings. The van der Waals surface area contributed by atoms with Crippen molar-refractivity contribution in [1.82, 2.24) is 19.6 Å². The third-order valence-electron chi connectivity index (χ3n) is 3.84. The van der Waals surface area contributed by atoms with Crippen LogP contribution in [-0.4, -0.2) is 25.5 Å². The highest BCUT2D eigenvalue weighted by atomic mass is 35.5. The summed E-state index contributed by atoms with van der Waals surface area (Å²) in [6.45, 7) is 4.31. The number of carbonyl (C=O) groups is 1. The van der Waals surface area contributed by atoms with Gasteiger partial charge in [-0.25, -0.2) is 0 Å². The molecule has 0 spiro atoms. The fourth-order valence-electron chi connectivity index (χ4n) is 2.63. The zero-order valence-electron chi connectivity index (χ0n) is 14.0. The summed E-state index contributed by atoms with van der Waals surface area (Å²) in [5, 5.41) is 12.4. The molecule has 0 aliphatic heterocycles. The molecule has 0 aliphatic carbocycles. The molecule has 0 atom stereocenters. The summed E-state index contributed by atoms with van der Waals surface area (Å²) >= 11 is 12.1. The quantitative estimate of drug-likeness (QED) is 0.750. The van der Waals surface area contributed by atoms with Gasteiger partial charge in [0.1, 0.15) is 0 Å². The van der Waals surface area contributed by atoms with Crippen molar-refractivity contribution in [2.24, 2.45) is 7.05 Å².